The van der Waals surface area contributed by atoms with E-state index in [1.165, 1.54) is 12.1 Å². The number of H-pyrrole nitrogens is 1. The summed E-state index contributed by atoms with van der Waals surface area (Å²) >= 11 is 4.97. The molecule has 1 aromatic carbocycles. The second-order valence-corrected chi connectivity index (χ2v) is 4.50. The monoisotopic (exact) mass is 288 g/mol. The molecule has 7 heteroatoms. The zero-order chi connectivity index (χ0) is 14.5. The summed E-state index contributed by atoms with van der Waals surface area (Å²) in [5.74, 6) is -0.470. The molecule has 1 amide bonds. The molecule has 1 heterocycles. The van der Waals surface area contributed by atoms with Crippen LogP contribution in [-0.2, 0) is 0 Å². The van der Waals surface area contributed by atoms with Crippen molar-refractivity contribution < 1.29 is 4.79 Å². The highest BCUT2D eigenvalue weighted by Gasteiger charge is 2.18. The van der Waals surface area contributed by atoms with Gasteiger partial charge in [-0.3, -0.25) is 9.59 Å². The molecule has 0 aliphatic rings. The van der Waals surface area contributed by atoms with Crippen molar-refractivity contribution in [2.24, 2.45) is 5.73 Å². The number of hydrogen-bond donors (Lipinski definition) is 3. The third-order valence-corrected chi connectivity index (χ3v) is 2.84. The number of amides is 1. The predicted molar refractivity (Wildman–Crippen MR) is 78.3 cm³/mol. The SMILES string of the molecule is NC(=S)C(NC(=O)c1ccc(=O)[nH]n1)c1ccccc1. The first-order chi connectivity index (χ1) is 9.58. The third kappa shape index (κ3) is 3.27. The van der Waals surface area contributed by atoms with Crippen molar-refractivity contribution in [1.82, 2.24) is 15.5 Å². The van der Waals surface area contributed by atoms with E-state index in [9.17, 15) is 9.59 Å². The van der Waals surface area contributed by atoms with Crippen LogP contribution in [0.25, 0.3) is 0 Å². The smallest absolute Gasteiger partial charge is 0.272 e. The summed E-state index contributed by atoms with van der Waals surface area (Å²) < 4.78 is 0. The van der Waals surface area contributed by atoms with E-state index in [1.54, 1.807) is 0 Å². The first-order valence-corrected chi connectivity index (χ1v) is 6.19. The molecular weight excluding hydrogens is 276 g/mol. The van der Waals surface area contributed by atoms with Crippen LogP contribution in [0.2, 0.25) is 0 Å². The van der Waals surface area contributed by atoms with Crippen molar-refractivity contribution in [2.45, 2.75) is 6.04 Å². The van der Waals surface area contributed by atoms with Crippen LogP contribution in [0.15, 0.2) is 47.3 Å². The zero-order valence-corrected chi connectivity index (χ0v) is 11.2. The summed E-state index contributed by atoms with van der Waals surface area (Å²) in [6, 6.07) is 11.1. The summed E-state index contributed by atoms with van der Waals surface area (Å²) in [4.78, 5) is 23.1. The second kappa shape index (κ2) is 6.07. The number of hydrogen-bond acceptors (Lipinski definition) is 4. The summed E-state index contributed by atoms with van der Waals surface area (Å²) in [6.45, 7) is 0. The van der Waals surface area contributed by atoms with E-state index in [2.05, 4.69) is 15.5 Å². The Labute approximate surface area is 120 Å². The zero-order valence-electron chi connectivity index (χ0n) is 10.4. The van der Waals surface area contributed by atoms with Gasteiger partial charge in [-0.1, -0.05) is 42.5 Å². The molecule has 0 bridgehead atoms. The fraction of sp³-hybridized carbons (Fsp3) is 0.0769. The Bertz CT molecular complexity index is 664. The standard InChI is InChI=1S/C13H12N4O2S/c14-12(20)11(8-4-2-1-3-5-8)15-13(19)9-6-7-10(18)17-16-9/h1-7,11H,(H2,14,20)(H,15,19)(H,17,18). The number of aromatic amines is 1. The van der Waals surface area contributed by atoms with Gasteiger partial charge >= 0.3 is 0 Å². The first kappa shape index (κ1) is 13.9. The molecule has 1 aromatic heterocycles. The third-order valence-electron chi connectivity index (χ3n) is 2.60. The molecule has 1 atom stereocenters. The average molecular weight is 288 g/mol. The van der Waals surface area contributed by atoms with E-state index in [0.717, 1.165) is 5.56 Å². The number of thiocarbonyl (C=S) groups is 1. The average Bonchev–Trinajstić information content (AvgIpc) is 2.46. The molecule has 102 valence electrons. The number of benzene rings is 1. The molecule has 20 heavy (non-hydrogen) atoms. The number of nitrogens with one attached hydrogen (secondary N) is 2. The van der Waals surface area contributed by atoms with Gasteiger partial charge in [0.25, 0.3) is 11.5 Å². The van der Waals surface area contributed by atoms with Crippen molar-refractivity contribution in [2.75, 3.05) is 0 Å². The van der Waals surface area contributed by atoms with Crippen LogP contribution in [0.3, 0.4) is 0 Å². The van der Waals surface area contributed by atoms with Gasteiger partial charge < -0.3 is 11.1 Å². The van der Waals surface area contributed by atoms with Crippen molar-refractivity contribution in [1.29, 1.82) is 0 Å². The van der Waals surface area contributed by atoms with Gasteiger partial charge in [0.05, 0.1) is 0 Å². The fourth-order valence-electron chi connectivity index (χ4n) is 1.64. The molecule has 0 saturated heterocycles. The Morgan fingerprint density at radius 3 is 2.50 bits per heavy atom. The van der Waals surface area contributed by atoms with Crippen LogP contribution in [0, 0.1) is 0 Å². The fourth-order valence-corrected chi connectivity index (χ4v) is 1.84. The molecule has 4 N–H and O–H groups in total. The molecule has 2 rings (SSSR count). The van der Waals surface area contributed by atoms with Gasteiger partial charge in [-0.2, -0.15) is 5.10 Å². The van der Waals surface area contributed by atoms with Crippen LogP contribution in [0.1, 0.15) is 22.1 Å². The molecule has 0 spiro atoms. The van der Waals surface area contributed by atoms with Crippen LogP contribution in [0.4, 0.5) is 0 Å². The Morgan fingerprint density at radius 1 is 1.25 bits per heavy atom. The van der Waals surface area contributed by atoms with Gasteiger partial charge in [0, 0.05) is 6.07 Å². The van der Waals surface area contributed by atoms with E-state index in [1.807, 2.05) is 30.3 Å². The number of carbonyl (C=O) groups excluding carboxylic acids is 1. The normalized spacial score (nSPS) is 11.6. The molecular formula is C13H12N4O2S. The van der Waals surface area contributed by atoms with Crippen LogP contribution >= 0.6 is 12.2 Å². The minimum Gasteiger partial charge on any atom is -0.391 e. The van der Waals surface area contributed by atoms with Crippen molar-refractivity contribution >= 4 is 23.1 Å². The number of rotatable bonds is 4. The van der Waals surface area contributed by atoms with Gasteiger partial charge in [-0.05, 0) is 11.6 Å². The maximum Gasteiger partial charge on any atom is 0.272 e. The Kier molecular flexibility index (Phi) is 4.21. The van der Waals surface area contributed by atoms with Crippen molar-refractivity contribution in [3.63, 3.8) is 0 Å². The molecule has 0 aliphatic heterocycles. The maximum absolute atomic E-state index is 12.0. The lowest BCUT2D eigenvalue weighted by Gasteiger charge is -2.17. The van der Waals surface area contributed by atoms with Crippen molar-refractivity contribution in [3.8, 4) is 0 Å². The minimum absolute atomic E-state index is 0.0850. The summed E-state index contributed by atoms with van der Waals surface area (Å²) in [6.07, 6.45) is 0. The van der Waals surface area contributed by atoms with E-state index in [0.29, 0.717) is 0 Å². The van der Waals surface area contributed by atoms with E-state index >= 15 is 0 Å². The molecule has 0 saturated carbocycles. The molecule has 6 nitrogen and oxygen atoms in total. The molecule has 0 radical (unpaired) electrons. The molecule has 0 fully saturated rings. The quantitative estimate of drug-likeness (QED) is 0.712. The number of aromatic nitrogens is 2. The highest BCUT2D eigenvalue weighted by atomic mass is 32.1. The maximum atomic E-state index is 12.0. The summed E-state index contributed by atoms with van der Waals surface area (Å²) in [7, 11) is 0. The lowest BCUT2D eigenvalue weighted by Crippen LogP contribution is -2.37. The highest BCUT2D eigenvalue weighted by Crippen LogP contribution is 2.13. The number of carbonyl (C=O) groups is 1. The molecule has 2 aromatic rings. The van der Waals surface area contributed by atoms with Crippen LogP contribution in [0.5, 0.6) is 0 Å². The lowest BCUT2D eigenvalue weighted by molar-refractivity contribution is 0.0940. The van der Waals surface area contributed by atoms with Gasteiger partial charge in [0.15, 0.2) is 0 Å². The topological polar surface area (TPSA) is 101 Å². The summed E-state index contributed by atoms with van der Waals surface area (Å²) in [5, 5.41) is 8.52. The Hall–Kier alpha value is -2.54. The summed E-state index contributed by atoms with van der Waals surface area (Å²) in [5.41, 5.74) is 6.14. The molecule has 0 aliphatic carbocycles. The molecule has 1 unspecified atom stereocenters. The van der Waals surface area contributed by atoms with Gasteiger partial charge in [0.1, 0.15) is 16.7 Å². The minimum atomic E-state index is -0.590. The van der Waals surface area contributed by atoms with Crippen LogP contribution < -0.4 is 16.6 Å². The van der Waals surface area contributed by atoms with Crippen LogP contribution in [-0.4, -0.2) is 21.1 Å². The number of nitrogens with zero attached hydrogens (tertiary/aromatic N) is 1. The van der Waals surface area contributed by atoms with Gasteiger partial charge in [0.2, 0.25) is 0 Å². The van der Waals surface area contributed by atoms with Gasteiger partial charge in [-0.25, -0.2) is 5.10 Å². The van der Waals surface area contributed by atoms with E-state index < -0.39 is 11.9 Å². The Morgan fingerprint density at radius 2 is 1.95 bits per heavy atom. The first-order valence-electron chi connectivity index (χ1n) is 5.79. The Balaban J connectivity index is 2.21. The van der Waals surface area contributed by atoms with Gasteiger partial charge in [-0.15, -0.1) is 0 Å². The second-order valence-electron chi connectivity index (χ2n) is 4.03. The van der Waals surface area contributed by atoms with Crippen molar-refractivity contribution in [3.05, 3.63) is 64.1 Å². The highest BCUT2D eigenvalue weighted by molar-refractivity contribution is 7.80. The van der Waals surface area contributed by atoms with E-state index in [4.69, 9.17) is 18.0 Å². The lowest BCUT2D eigenvalue weighted by atomic mass is 10.1. The predicted octanol–water partition coefficient (Wildman–Crippen LogP) is 0.527. The largest absolute Gasteiger partial charge is 0.391 e. The van der Waals surface area contributed by atoms with E-state index in [-0.39, 0.29) is 16.2 Å². The number of nitrogens with two attached hydrogens (primary N) is 1.